The summed E-state index contributed by atoms with van der Waals surface area (Å²) in [5.74, 6) is 1.57. The van der Waals surface area contributed by atoms with Crippen LogP contribution in [0.3, 0.4) is 0 Å². The number of aryl methyl sites for hydroxylation is 1. The predicted octanol–water partition coefficient (Wildman–Crippen LogP) is 3.26. The van der Waals surface area contributed by atoms with E-state index in [0.717, 1.165) is 33.9 Å². The molecule has 2 rings (SSSR count). The first kappa shape index (κ1) is 12.3. The lowest BCUT2D eigenvalue weighted by Crippen LogP contribution is -1.92. The zero-order valence-corrected chi connectivity index (χ0v) is 10.9. The van der Waals surface area contributed by atoms with Crippen LogP contribution in [0.5, 0.6) is 11.5 Å². The molecule has 0 aliphatic heterocycles. The molecular formula is C15H17NO2. The number of benzene rings is 2. The second-order valence-corrected chi connectivity index (χ2v) is 4.14. The molecule has 0 saturated heterocycles. The van der Waals surface area contributed by atoms with Gasteiger partial charge in [0.1, 0.15) is 11.5 Å². The zero-order valence-electron chi connectivity index (χ0n) is 10.9. The number of methoxy groups -OCH3 is 2. The Kier molecular flexibility index (Phi) is 3.42. The number of ether oxygens (including phenoxy) is 2. The molecule has 0 aliphatic carbocycles. The Bertz CT molecular complexity index is 564. The van der Waals surface area contributed by atoms with Crippen molar-refractivity contribution in [3.63, 3.8) is 0 Å². The third kappa shape index (κ3) is 2.25. The van der Waals surface area contributed by atoms with E-state index in [2.05, 4.69) is 6.07 Å². The Labute approximate surface area is 107 Å². The summed E-state index contributed by atoms with van der Waals surface area (Å²) < 4.78 is 10.6. The van der Waals surface area contributed by atoms with Gasteiger partial charge >= 0.3 is 0 Å². The molecule has 2 aromatic rings. The lowest BCUT2D eigenvalue weighted by atomic mass is 10.0. The smallest absolute Gasteiger partial charge is 0.130 e. The molecule has 3 heteroatoms. The van der Waals surface area contributed by atoms with Crippen molar-refractivity contribution < 1.29 is 9.47 Å². The molecule has 0 atom stereocenters. The molecule has 94 valence electrons. The summed E-state index contributed by atoms with van der Waals surface area (Å²) in [6.07, 6.45) is 0. The van der Waals surface area contributed by atoms with Gasteiger partial charge in [-0.2, -0.15) is 0 Å². The minimum atomic E-state index is 0.780. The lowest BCUT2D eigenvalue weighted by molar-refractivity contribution is 0.395. The molecule has 0 radical (unpaired) electrons. The van der Waals surface area contributed by atoms with Gasteiger partial charge in [0.2, 0.25) is 0 Å². The third-order valence-electron chi connectivity index (χ3n) is 2.99. The molecular weight excluding hydrogens is 226 g/mol. The van der Waals surface area contributed by atoms with E-state index < -0.39 is 0 Å². The first-order chi connectivity index (χ1) is 8.65. The van der Waals surface area contributed by atoms with E-state index in [1.165, 1.54) is 0 Å². The minimum Gasteiger partial charge on any atom is -0.497 e. The molecule has 0 heterocycles. The predicted molar refractivity (Wildman–Crippen MR) is 74.1 cm³/mol. The maximum Gasteiger partial charge on any atom is 0.130 e. The molecule has 0 amide bonds. The van der Waals surface area contributed by atoms with Crippen molar-refractivity contribution in [3.8, 4) is 22.6 Å². The van der Waals surface area contributed by atoms with Crippen LogP contribution >= 0.6 is 0 Å². The molecule has 0 fully saturated rings. The Hall–Kier alpha value is -2.16. The number of hydrogen-bond acceptors (Lipinski definition) is 3. The summed E-state index contributed by atoms with van der Waals surface area (Å²) >= 11 is 0. The zero-order chi connectivity index (χ0) is 13.1. The van der Waals surface area contributed by atoms with Crippen molar-refractivity contribution in [2.45, 2.75) is 6.92 Å². The number of nitrogens with two attached hydrogens (primary N) is 1. The average Bonchev–Trinajstić information content (AvgIpc) is 2.41. The van der Waals surface area contributed by atoms with Crippen molar-refractivity contribution in [2.24, 2.45) is 0 Å². The normalized spacial score (nSPS) is 10.2. The van der Waals surface area contributed by atoms with E-state index in [4.69, 9.17) is 15.2 Å². The first-order valence-electron chi connectivity index (χ1n) is 5.74. The summed E-state index contributed by atoms with van der Waals surface area (Å²) in [7, 11) is 3.30. The number of anilines is 1. The fourth-order valence-corrected chi connectivity index (χ4v) is 1.88. The largest absolute Gasteiger partial charge is 0.497 e. The van der Waals surface area contributed by atoms with Crippen LogP contribution < -0.4 is 15.2 Å². The van der Waals surface area contributed by atoms with Gasteiger partial charge in [0.25, 0.3) is 0 Å². The molecule has 2 aromatic carbocycles. The third-order valence-corrected chi connectivity index (χ3v) is 2.99. The monoisotopic (exact) mass is 243 g/mol. The molecule has 0 unspecified atom stereocenters. The second kappa shape index (κ2) is 5.00. The quantitative estimate of drug-likeness (QED) is 0.841. The molecule has 0 spiro atoms. The highest BCUT2D eigenvalue weighted by molar-refractivity contribution is 5.73. The number of rotatable bonds is 3. The van der Waals surface area contributed by atoms with Gasteiger partial charge in [-0.3, -0.25) is 0 Å². The maximum atomic E-state index is 5.83. The summed E-state index contributed by atoms with van der Waals surface area (Å²) in [6.45, 7) is 1.99. The van der Waals surface area contributed by atoms with Gasteiger partial charge in [-0.05, 0) is 42.3 Å². The first-order valence-corrected chi connectivity index (χ1v) is 5.74. The summed E-state index contributed by atoms with van der Waals surface area (Å²) in [6, 6.07) is 11.7. The molecule has 0 aromatic heterocycles. The highest BCUT2D eigenvalue weighted by Crippen LogP contribution is 2.34. The average molecular weight is 243 g/mol. The minimum absolute atomic E-state index is 0.780. The van der Waals surface area contributed by atoms with Gasteiger partial charge in [0.05, 0.1) is 14.2 Å². The maximum absolute atomic E-state index is 5.83. The van der Waals surface area contributed by atoms with E-state index in [1.807, 2.05) is 37.3 Å². The van der Waals surface area contributed by atoms with Crippen LogP contribution in [0, 0.1) is 6.92 Å². The fraction of sp³-hybridized carbons (Fsp3) is 0.200. The Morgan fingerprint density at radius 3 is 2.33 bits per heavy atom. The Morgan fingerprint density at radius 2 is 1.72 bits per heavy atom. The van der Waals surface area contributed by atoms with Crippen molar-refractivity contribution in [2.75, 3.05) is 20.0 Å². The van der Waals surface area contributed by atoms with Crippen molar-refractivity contribution in [3.05, 3.63) is 42.0 Å². The van der Waals surface area contributed by atoms with Crippen LogP contribution in [0.1, 0.15) is 5.56 Å². The van der Waals surface area contributed by atoms with Crippen LogP contribution in [-0.4, -0.2) is 14.2 Å². The van der Waals surface area contributed by atoms with Gasteiger partial charge in [0.15, 0.2) is 0 Å². The Balaban J connectivity index is 2.52. The summed E-state index contributed by atoms with van der Waals surface area (Å²) in [4.78, 5) is 0. The number of hydrogen-bond donors (Lipinski definition) is 1. The van der Waals surface area contributed by atoms with E-state index in [0.29, 0.717) is 0 Å². The van der Waals surface area contributed by atoms with Crippen LogP contribution in [0.15, 0.2) is 36.4 Å². The summed E-state index contributed by atoms with van der Waals surface area (Å²) in [5.41, 5.74) is 9.80. The Morgan fingerprint density at radius 1 is 0.944 bits per heavy atom. The van der Waals surface area contributed by atoms with Gasteiger partial charge < -0.3 is 15.2 Å². The van der Waals surface area contributed by atoms with Crippen molar-refractivity contribution >= 4 is 5.69 Å². The molecule has 0 saturated carbocycles. The van der Waals surface area contributed by atoms with E-state index >= 15 is 0 Å². The molecule has 18 heavy (non-hydrogen) atoms. The molecule has 2 N–H and O–H groups in total. The highest BCUT2D eigenvalue weighted by atomic mass is 16.5. The number of nitrogen functional groups attached to an aromatic ring is 1. The van der Waals surface area contributed by atoms with E-state index in [1.54, 1.807) is 14.2 Å². The fourth-order valence-electron chi connectivity index (χ4n) is 1.88. The van der Waals surface area contributed by atoms with Crippen LogP contribution in [-0.2, 0) is 0 Å². The second-order valence-electron chi connectivity index (χ2n) is 4.14. The van der Waals surface area contributed by atoms with Crippen molar-refractivity contribution in [1.82, 2.24) is 0 Å². The van der Waals surface area contributed by atoms with Gasteiger partial charge in [-0.1, -0.05) is 6.07 Å². The SMILES string of the molecule is COc1ccc(-c2ccc(N)c(C)c2)c(OC)c1. The molecule has 3 nitrogen and oxygen atoms in total. The van der Waals surface area contributed by atoms with Crippen LogP contribution in [0.2, 0.25) is 0 Å². The van der Waals surface area contributed by atoms with Gasteiger partial charge in [0, 0.05) is 17.3 Å². The van der Waals surface area contributed by atoms with Crippen molar-refractivity contribution in [1.29, 1.82) is 0 Å². The van der Waals surface area contributed by atoms with Gasteiger partial charge in [-0.25, -0.2) is 0 Å². The highest BCUT2D eigenvalue weighted by Gasteiger charge is 2.08. The lowest BCUT2D eigenvalue weighted by Gasteiger charge is -2.11. The molecule has 0 bridgehead atoms. The van der Waals surface area contributed by atoms with E-state index in [9.17, 15) is 0 Å². The molecule has 0 aliphatic rings. The van der Waals surface area contributed by atoms with Gasteiger partial charge in [-0.15, -0.1) is 0 Å². The summed E-state index contributed by atoms with van der Waals surface area (Å²) in [5, 5.41) is 0. The van der Waals surface area contributed by atoms with Crippen LogP contribution in [0.25, 0.3) is 11.1 Å². The standard InChI is InChI=1S/C15H17NO2/c1-10-8-11(4-7-14(10)16)13-6-5-12(17-2)9-15(13)18-3/h4-9H,16H2,1-3H3. The van der Waals surface area contributed by atoms with E-state index in [-0.39, 0.29) is 0 Å². The topological polar surface area (TPSA) is 44.5 Å². The van der Waals surface area contributed by atoms with Crippen LogP contribution in [0.4, 0.5) is 5.69 Å².